The first-order valence-electron chi connectivity index (χ1n) is 36.8. The van der Waals surface area contributed by atoms with Crippen LogP contribution in [0.3, 0.4) is 0 Å². The lowest BCUT2D eigenvalue weighted by atomic mass is 9.80. The van der Waals surface area contributed by atoms with Gasteiger partial charge in [-0.05, 0) is 71.8 Å². The molecule has 1 N–H and O–H groups in total. The van der Waals surface area contributed by atoms with Gasteiger partial charge in [0.1, 0.15) is 53.0 Å². The SMILES string of the molecule is CC(C)(C)[Si](OC[C@@H](CO)OCCn1cnc2c(CC(=O)c3ccccc3)ncnc21)(c1ccccc1)c1ccccc1.COc1ccc(C(OC[C@H](CO[Si](c2ccccc2)(c2ccccc2)C(C)(C)C)OCCn2cnc3c(CC(=O)c4ccccc4)ncnc32)(c2ccccc2)c2ccc(OC)cc2)cc1. The van der Waals surface area contributed by atoms with Crippen LogP contribution in [-0.2, 0) is 54.6 Å². The summed E-state index contributed by atoms with van der Waals surface area (Å²) in [5, 5.41) is 14.5. The van der Waals surface area contributed by atoms with E-state index in [1.807, 2.05) is 124 Å². The molecule has 0 bridgehead atoms. The molecule has 0 spiro atoms. The molecule has 0 aliphatic rings. The largest absolute Gasteiger partial charge is 0.497 e. The lowest BCUT2D eigenvalue weighted by Gasteiger charge is -2.44. The van der Waals surface area contributed by atoms with Crippen molar-refractivity contribution >= 4 is 71.3 Å². The van der Waals surface area contributed by atoms with Gasteiger partial charge in [-0.25, -0.2) is 29.9 Å². The van der Waals surface area contributed by atoms with E-state index in [0.29, 0.717) is 64.5 Å². The highest BCUT2D eigenvalue weighted by Crippen LogP contribution is 2.43. The quantitative estimate of drug-likeness (QED) is 0.0231. The number of Topliss-reactive ketones (excluding diaryl/α,β-unsaturated/α-hetero) is 2. The van der Waals surface area contributed by atoms with Crippen LogP contribution in [0.5, 0.6) is 11.5 Å². The minimum absolute atomic E-state index is 0.0230. The van der Waals surface area contributed by atoms with Crippen LogP contribution in [0, 0.1) is 0 Å². The molecule has 0 unspecified atom stereocenters. The molecule has 0 fully saturated rings. The van der Waals surface area contributed by atoms with E-state index >= 15 is 0 Å². The van der Waals surface area contributed by atoms with E-state index < -0.39 is 34.4 Å². The zero-order valence-corrected chi connectivity index (χ0v) is 65.1. The Bertz CT molecular complexity index is 4890. The number of hydrogen-bond donors (Lipinski definition) is 1. The average molecular weight is 1490 g/mol. The van der Waals surface area contributed by atoms with Crippen molar-refractivity contribution in [1.29, 1.82) is 0 Å². The molecule has 0 aliphatic heterocycles. The third kappa shape index (κ3) is 17.7. The number of nitrogens with zero attached hydrogens (tertiary/aromatic N) is 8. The second-order valence-electron chi connectivity index (χ2n) is 28.7. The summed E-state index contributed by atoms with van der Waals surface area (Å²) in [7, 11) is -2.42. The highest BCUT2D eigenvalue weighted by atomic mass is 28.4. The van der Waals surface area contributed by atoms with Crippen LogP contribution in [-0.4, -0.2) is 138 Å². The van der Waals surface area contributed by atoms with Crippen LogP contribution < -0.4 is 30.2 Å². The van der Waals surface area contributed by atoms with Crippen molar-refractivity contribution in [3.63, 3.8) is 0 Å². The maximum Gasteiger partial charge on any atom is 0.261 e. The first kappa shape index (κ1) is 77.8. The summed E-state index contributed by atoms with van der Waals surface area (Å²) in [5.41, 5.74) is 6.57. The molecule has 0 radical (unpaired) electrons. The van der Waals surface area contributed by atoms with Crippen molar-refractivity contribution < 1.29 is 47.2 Å². The number of rotatable bonds is 33. The van der Waals surface area contributed by atoms with E-state index in [-0.39, 0.29) is 67.5 Å². The third-order valence-electron chi connectivity index (χ3n) is 19.8. The molecule has 20 heteroatoms. The van der Waals surface area contributed by atoms with Crippen molar-refractivity contribution in [2.45, 2.75) is 95.4 Å². The smallest absolute Gasteiger partial charge is 0.261 e. The summed E-state index contributed by atoms with van der Waals surface area (Å²) in [5.74, 6) is 1.42. The first-order chi connectivity index (χ1) is 53.0. The van der Waals surface area contributed by atoms with Gasteiger partial charge in [0.15, 0.2) is 22.9 Å². The summed E-state index contributed by atoms with van der Waals surface area (Å²) in [4.78, 5) is 53.0. The van der Waals surface area contributed by atoms with Gasteiger partial charge in [-0.3, -0.25) is 9.59 Å². The van der Waals surface area contributed by atoms with Gasteiger partial charge in [-0.15, -0.1) is 0 Å². The molecule has 4 aromatic heterocycles. The molecule has 9 aromatic carbocycles. The number of fused-ring (bicyclic) bond motifs is 2. The zero-order chi connectivity index (χ0) is 76.3. The normalized spacial score (nSPS) is 12.6. The van der Waals surface area contributed by atoms with Crippen LogP contribution in [0.2, 0.25) is 10.1 Å². The Morgan fingerprint density at radius 2 is 0.734 bits per heavy atom. The number of aliphatic hydroxyl groups is 1. The maximum atomic E-state index is 13.2. The molecule has 13 rings (SSSR count). The summed E-state index contributed by atoms with van der Waals surface area (Å²) in [6.07, 6.45) is 5.57. The van der Waals surface area contributed by atoms with E-state index in [1.54, 1.807) is 39.0 Å². The molecule has 0 saturated carbocycles. The van der Waals surface area contributed by atoms with Crippen molar-refractivity contribution in [2.24, 2.45) is 0 Å². The van der Waals surface area contributed by atoms with Gasteiger partial charge in [0.2, 0.25) is 0 Å². The Morgan fingerprint density at radius 1 is 0.404 bits per heavy atom. The number of aromatic nitrogens is 8. The Labute approximate surface area is 640 Å². The standard InChI is InChI=1S/C55H56N4O6Si.C34H38N4O4Si/c1-54(2,3)66(48-22-14-8-15-23-48,49-24-16-9-17-25-49)65-38-47(63-35-34-59-40-58-52-50(56-39-57-53(52)59)36-51(60)41-18-10-6-11-19-41)37-64-55(42-20-12-7-13-21-42,43-26-30-45(61-4)31-27-43)44-28-32-46(62-5)33-29-44;1-34(2,3)43(28-15-9-5-10-16-28,29-17-11-6-12-18-29)42-23-27(22-39)41-20-19-38-25-37-32-30(35-24-36-33(32)38)21-31(40)26-13-7-4-8-14-26/h6-33,39-40,47H,34-38H2,1-5H3;4-18,24-25,27,39H,19-23H2,1-3H3/t47-;27-/m11/s1. The second-order valence-corrected chi connectivity index (χ2v) is 37.3. The van der Waals surface area contributed by atoms with Crippen molar-refractivity contribution in [3.05, 3.63) is 325 Å². The highest BCUT2D eigenvalue weighted by Gasteiger charge is 2.52. The first-order valence-corrected chi connectivity index (χ1v) is 40.6. The van der Waals surface area contributed by atoms with E-state index in [1.165, 1.54) is 33.4 Å². The Balaban J connectivity index is 0.000000222. The van der Waals surface area contributed by atoms with Crippen molar-refractivity contribution in [1.82, 2.24) is 39.0 Å². The number of ketones is 2. The Kier molecular flexibility index (Phi) is 25.7. The van der Waals surface area contributed by atoms with E-state index in [2.05, 4.69) is 205 Å². The van der Waals surface area contributed by atoms with Gasteiger partial charge in [0.25, 0.3) is 16.6 Å². The Hall–Kier alpha value is -10.8. The zero-order valence-electron chi connectivity index (χ0n) is 63.1. The molecule has 18 nitrogen and oxygen atoms in total. The highest BCUT2D eigenvalue weighted by molar-refractivity contribution is 7.00. The molecule has 109 heavy (non-hydrogen) atoms. The van der Waals surface area contributed by atoms with Crippen LogP contribution in [0.1, 0.15) is 90.3 Å². The van der Waals surface area contributed by atoms with Gasteiger partial charge in [0.05, 0.1) is 90.7 Å². The van der Waals surface area contributed by atoms with Crippen LogP contribution >= 0.6 is 0 Å². The topological polar surface area (TPSA) is 206 Å². The maximum absolute atomic E-state index is 13.2. The number of carbonyl (C=O) groups is 2. The van der Waals surface area contributed by atoms with E-state index in [4.69, 9.17) is 32.5 Å². The molecular weight excluding hydrogens is 1400 g/mol. The number of aliphatic hydroxyl groups excluding tert-OH is 1. The van der Waals surface area contributed by atoms with Gasteiger partial charge in [0, 0.05) is 24.2 Å². The van der Waals surface area contributed by atoms with E-state index in [0.717, 1.165) is 28.2 Å². The average Bonchev–Trinajstić information content (AvgIpc) is 1.65. The van der Waals surface area contributed by atoms with Gasteiger partial charge in [-0.1, -0.05) is 278 Å². The third-order valence-corrected chi connectivity index (χ3v) is 29.9. The summed E-state index contributed by atoms with van der Waals surface area (Å²) >= 11 is 0. The lowest BCUT2D eigenvalue weighted by molar-refractivity contribution is -0.0798. The number of ether oxygens (including phenoxy) is 5. The molecule has 13 aromatic rings. The lowest BCUT2D eigenvalue weighted by Crippen LogP contribution is -2.67. The predicted molar refractivity (Wildman–Crippen MR) is 432 cm³/mol. The molecule has 0 aliphatic carbocycles. The molecule has 0 amide bonds. The molecule has 558 valence electrons. The second kappa shape index (κ2) is 36.0. The number of methoxy groups -OCH3 is 2. The molecule has 2 atom stereocenters. The summed E-state index contributed by atoms with van der Waals surface area (Å²) < 4.78 is 50.1. The number of carbonyl (C=O) groups excluding carboxylic acids is 2. The number of imidazole rings is 2. The monoisotopic (exact) mass is 1490 g/mol. The fraction of sp³-hybridized carbons (Fsp3) is 0.258. The van der Waals surface area contributed by atoms with Crippen molar-refractivity contribution in [2.75, 3.05) is 53.9 Å². The molecular formula is C89H94N8O10Si2. The fourth-order valence-corrected chi connectivity index (χ4v) is 23.6. The van der Waals surface area contributed by atoms with Gasteiger partial charge >= 0.3 is 0 Å². The molecule has 4 heterocycles. The minimum Gasteiger partial charge on any atom is -0.497 e. The van der Waals surface area contributed by atoms with Crippen LogP contribution in [0.25, 0.3) is 22.3 Å². The van der Waals surface area contributed by atoms with Crippen LogP contribution in [0.4, 0.5) is 0 Å². The summed E-state index contributed by atoms with van der Waals surface area (Å²) in [6.45, 7) is 15.5. The van der Waals surface area contributed by atoms with Crippen LogP contribution in [0.15, 0.2) is 286 Å². The summed E-state index contributed by atoms with van der Waals surface area (Å²) in [6, 6.07) is 86.8. The molecule has 0 saturated heterocycles. The number of hydrogen-bond acceptors (Lipinski definition) is 16. The predicted octanol–water partition coefficient (Wildman–Crippen LogP) is 13.4. The van der Waals surface area contributed by atoms with Gasteiger partial charge < -0.3 is 46.8 Å². The van der Waals surface area contributed by atoms with E-state index in [9.17, 15) is 14.7 Å². The fourth-order valence-electron chi connectivity index (χ4n) is 14.4. The minimum atomic E-state index is -3.00. The van der Waals surface area contributed by atoms with Crippen molar-refractivity contribution in [3.8, 4) is 11.5 Å². The number of benzene rings is 9. The Morgan fingerprint density at radius 3 is 1.08 bits per heavy atom. The van der Waals surface area contributed by atoms with Gasteiger partial charge in [-0.2, -0.15) is 0 Å².